The minimum atomic E-state index is -1.28. The van der Waals surface area contributed by atoms with E-state index in [2.05, 4.69) is 4.90 Å². The van der Waals surface area contributed by atoms with E-state index >= 15 is 0 Å². The van der Waals surface area contributed by atoms with Crippen molar-refractivity contribution in [1.29, 1.82) is 0 Å². The quantitative estimate of drug-likeness (QED) is 0.289. The van der Waals surface area contributed by atoms with Gasteiger partial charge >= 0.3 is 6.16 Å². The second kappa shape index (κ2) is 12.5. The van der Waals surface area contributed by atoms with E-state index in [-0.39, 0.29) is 43.8 Å². The summed E-state index contributed by atoms with van der Waals surface area (Å²) >= 11 is 6.27. The van der Waals surface area contributed by atoms with Gasteiger partial charge in [0.05, 0.1) is 19.7 Å². The number of carbonyl (C=O) groups is 3. The molecule has 2 amide bonds. The highest BCUT2D eigenvalue weighted by Crippen LogP contribution is 2.42. The summed E-state index contributed by atoms with van der Waals surface area (Å²) in [6.07, 6.45) is 3.89. The molecule has 2 aromatic carbocycles. The van der Waals surface area contributed by atoms with Crippen LogP contribution < -0.4 is 9.47 Å². The first kappa shape index (κ1) is 28.2. The van der Waals surface area contributed by atoms with Crippen molar-refractivity contribution in [2.45, 2.75) is 63.6 Å². The molecule has 2 atom stereocenters. The number of halogens is 1. The van der Waals surface area contributed by atoms with Gasteiger partial charge in [0.25, 0.3) is 0 Å². The summed E-state index contributed by atoms with van der Waals surface area (Å²) in [6, 6.07) is 11.2. The van der Waals surface area contributed by atoms with Crippen molar-refractivity contribution < 1.29 is 33.7 Å². The van der Waals surface area contributed by atoms with Crippen molar-refractivity contribution in [3.8, 4) is 11.5 Å². The predicted molar refractivity (Wildman–Crippen MR) is 148 cm³/mol. The highest BCUT2D eigenvalue weighted by atomic mass is 35.5. The van der Waals surface area contributed by atoms with Gasteiger partial charge in [-0.15, -0.1) is 0 Å². The van der Waals surface area contributed by atoms with Crippen molar-refractivity contribution >= 4 is 29.6 Å². The molecule has 1 aliphatic heterocycles. The predicted octanol–water partition coefficient (Wildman–Crippen LogP) is 5.23. The van der Waals surface area contributed by atoms with E-state index in [0.717, 1.165) is 36.1 Å². The van der Waals surface area contributed by atoms with Crippen molar-refractivity contribution in [2.75, 3.05) is 26.8 Å². The van der Waals surface area contributed by atoms with Gasteiger partial charge in [0.1, 0.15) is 12.7 Å². The summed E-state index contributed by atoms with van der Waals surface area (Å²) in [7, 11) is 1.57. The van der Waals surface area contributed by atoms with Crippen LogP contribution in [0.25, 0.3) is 0 Å². The fourth-order valence-corrected chi connectivity index (χ4v) is 6.51. The van der Waals surface area contributed by atoms with Crippen molar-refractivity contribution in [3.05, 3.63) is 58.1 Å². The Morgan fingerprint density at radius 2 is 1.82 bits per heavy atom. The molecule has 2 fully saturated rings. The number of hydrogen-bond donors (Lipinski definition) is 1. The monoisotopic (exact) mass is 570 g/mol. The zero-order valence-corrected chi connectivity index (χ0v) is 23.4. The maximum Gasteiger partial charge on any atom is 0.506 e. The molecule has 3 aliphatic rings. The van der Waals surface area contributed by atoms with Crippen LogP contribution in [-0.4, -0.2) is 65.8 Å². The number of fused-ring (bicyclic) bond motifs is 1. The van der Waals surface area contributed by atoms with E-state index in [0.29, 0.717) is 35.4 Å². The Morgan fingerprint density at radius 1 is 1.07 bits per heavy atom. The van der Waals surface area contributed by atoms with Gasteiger partial charge in [-0.05, 0) is 59.7 Å². The molecule has 2 aromatic rings. The van der Waals surface area contributed by atoms with Gasteiger partial charge in [-0.2, -0.15) is 0 Å². The van der Waals surface area contributed by atoms with Crippen LogP contribution in [0.2, 0.25) is 5.02 Å². The van der Waals surface area contributed by atoms with Crippen molar-refractivity contribution in [1.82, 2.24) is 9.80 Å². The summed E-state index contributed by atoms with van der Waals surface area (Å²) in [6.45, 7) is 1.77. The number of likely N-dealkylation sites (tertiary alicyclic amines) is 1. The van der Waals surface area contributed by atoms with Crippen LogP contribution in [0.5, 0.6) is 11.5 Å². The Labute approximate surface area is 238 Å². The highest BCUT2D eigenvalue weighted by molar-refractivity contribution is 6.30. The molecule has 1 N–H and O–H groups in total. The standard InChI is InChI=1S/C30H35ClN2O7/c1-38-25-14-20(6-9-24(25)39-13-12-33-27(34)10-11-28(33)35)18-32(17-19-4-2-3-5-19)29-23-8-7-22(31)15-21(23)16-26(29)40-30(36)37/h6-9,14-15,19,26,29H,2-5,10-13,16-18H2,1H3,(H,36,37). The number of methoxy groups -OCH3 is 1. The first-order valence-electron chi connectivity index (χ1n) is 13.9. The molecule has 2 unspecified atom stereocenters. The van der Waals surface area contributed by atoms with Crippen LogP contribution in [0.4, 0.5) is 4.79 Å². The smallest absolute Gasteiger partial charge is 0.493 e. The van der Waals surface area contributed by atoms with Gasteiger partial charge in [0, 0.05) is 37.4 Å². The van der Waals surface area contributed by atoms with E-state index in [1.54, 1.807) is 7.11 Å². The topological polar surface area (TPSA) is 106 Å². The molecular formula is C30H35ClN2O7. The van der Waals surface area contributed by atoms with Gasteiger partial charge in [-0.3, -0.25) is 19.4 Å². The third kappa shape index (κ3) is 6.36. The number of carboxylic acid groups (broad SMARTS) is 1. The molecule has 1 saturated heterocycles. The summed E-state index contributed by atoms with van der Waals surface area (Å²) in [5, 5.41) is 10.1. The second-order valence-electron chi connectivity index (χ2n) is 10.8. The van der Waals surface area contributed by atoms with Crippen LogP contribution in [0.15, 0.2) is 36.4 Å². The number of imide groups is 1. The van der Waals surface area contributed by atoms with Gasteiger partial charge < -0.3 is 19.3 Å². The lowest BCUT2D eigenvalue weighted by atomic mass is 10.0. The lowest BCUT2D eigenvalue weighted by Crippen LogP contribution is -2.38. The van der Waals surface area contributed by atoms with Crippen molar-refractivity contribution in [3.63, 3.8) is 0 Å². The van der Waals surface area contributed by atoms with Crippen LogP contribution in [0, 0.1) is 5.92 Å². The minimum Gasteiger partial charge on any atom is -0.493 e. The Bertz CT molecular complexity index is 1250. The number of nitrogens with zero attached hydrogens (tertiary/aromatic N) is 2. The molecule has 0 radical (unpaired) electrons. The molecule has 9 nitrogen and oxygen atoms in total. The Morgan fingerprint density at radius 3 is 2.52 bits per heavy atom. The lowest BCUT2D eigenvalue weighted by molar-refractivity contribution is -0.138. The maximum atomic E-state index is 11.9. The van der Waals surface area contributed by atoms with E-state index in [1.165, 1.54) is 17.7 Å². The fraction of sp³-hybridized carbons (Fsp3) is 0.500. The molecule has 40 heavy (non-hydrogen) atoms. The van der Waals surface area contributed by atoms with Crippen LogP contribution in [0.3, 0.4) is 0 Å². The average Bonchev–Trinajstić information content (AvgIpc) is 3.63. The van der Waals surface area contributed by atoms with Crippen LogP contribution >= 0.6 is 11.6 Å². The number of benzene rings is 2. The second-order valence-corrected chi connectivity index (χ2v) is 11.2. The molecule has 0 spiro atoms. The lowest BCUT2D eigenvalue weighted by Gasteiger charge is -2.35. The van der Waals surface area contributed by atoms with E-state index in [9.17, 15) is 19.5 Å². The average molecular weight is 571 g/mol. The van der Waals surface area contributed by atoms with E-state index in [4.69, 9.17) is 25.8 Å². The third-order valence-corrected chi connectivity index (χ3v) is 8.39. The molecule has 10 heteroatoms. The summed E-state index contributed by atoms with van der Waals surface area (Å²) in [5.74, 6) is 1.27. The first-order chi connectivity index (χ1) is 19.3. The molecule has 0 aromatic heterocycles. The number of ether oxygens (including phenoxy) is 3. The normalized spacial score (nSPS) is 20.8. The number of amides is 2. The van der Waals surface area contributed by atoms with Crippen LogP contribution in [-0.2, 0) is 27.3 Å². The Hall–Kier alpha value is -3.30. The molecule has 1 heterocycles. The Balaban J connectivity index is 1.36. The summed E-state index contributed by atoms with van der Waals surface area (Å²) < 4.78 is 16.9. The van der Waals surface area contributed by atoms with Gasteiger partial charge in [0.15, 0.2) is 11.5 Å². The maximum absolute atomic E-state index is 11.9. The first-order valence-corrected chi connectivity index (χ1v) is 14.2. The van der Waals surface area contributed by atoms with Crippen LogP contribution in [0.1, 0.15) is 61.3 Å². The van der Waals surface area contributed by atoms with Crippen molar-refractivity contribution in [2.24, 2.45) is 5.92 Å². The molecule has 2 aliphatic carbocycles. The minimum absolute atomic E-state index is 0.167. The molecule has 0 bridgehead atoms. The number of carbonyl (C=O) groups excluding carboxylic acids is 2. The molecule has 214 valence electrons. The van der Waals surface area contributed by atoms with E-state index in [1.807, 2.05) is 36.4 Å². The highest BCUT2D eigenvalue weighted by Gasteiger charge is 2.40. The zero-order valence-electron chi connectivity index (χ0n) is 22.6. The van der Waals surface area contributed by atoms with Gasteiger partial charge in [-0.25, -0.2) is 4.79 Å². The molecular weight excluding hydrogens is 536 g/mol. The summed E-state index contributed by atoms with van der Waals surface area (Å²) in [5.41, 5.74) is 3.05. The SMILES string of the molecule is COc1cc(CN(CC2CCCC2)C2c3ccc(Cl)cc3CC2OC(=O)O)ccc1OCCN1C(=O)CCC1=O. The third-order valence-electron chi connectivity index (χ3n) is 8.15. The number of hydrogen-bond acceptors (Lipinski definition) is 7. The molecule has 1 saturated carbocycles. The Kier molecular flexibility index (Phi) is 8.81. The van der Waals surface area contributed by atoms with Gasteiger partial charge in [0.2, 0.25) is 11.8 Å². The van der Waals surface area contributed by atoms with E-state index < -0.39 is 12.3 Å². The molecule has 5 rings (SSSR count). The number of rotatable bonds is 11. The summed E-state index contributed by atoms with van der Waals surface area (Å²) in [4.78, 5) is 39.0. The van der Waals surface area contributed by atoms with Gasteiger partial charge in [-0.1, -0.05) is 36.6 Å². The zero-order chi connectivity index (χ0) is 28.2. The fourth-order valence-electron chi connectivity index (χ4n) is 6.32. The largest absolute Gasteiger partial charge is 0.506 e.